The molecular weight excluding hydrogens is 252 g/mol. The van der Waals surface area contributed by atoms with Crippen molar-refractivity contribution in [3.05, 3.63) is 59.0 Å². The van der Waals surface area contributed by atoms with Crippen molar-refractivity contribution in [2.45, 2.75) is 13.5 Å². The van der Waals surface area contributed by atoms with Gasteiger partial charge >= 0.3 is 0 Å². The molecule has 0 spiro atoms. The zero-order valence-corrected chi connectivity index (χ0v) is 11.3. The van der Waals surface area contributed by atoms with Gasteiger partial charge in [-0.3, -0.25) is 4.79 Å². The second-order valence-electron chi connectivity index (χ2n) is 4.28. The van der Waals surface area contributed by atoms with Crippen LogP contribution in [0.15, 0.2) is 40.8 Å². The van der Waals surface area contributed by atoms with Crippen molar-refractivity contribution in [3.8, 4) is 11.8 Å². The van der Waals surface area contributed by atoms with Crippen LogP contribution < -0.4 is 11.1 Å². The van der Waals surface area contributed by atoms with E-state index in [9.17, 15) is 4.79 Å². The number of benzene rings is 1. The summed E-state index contributed by atoms with van der Waals surface area (Å²) in [6.45, 7) is 2.57. The fraction of sp³-hybridized carbons (Fsp3) is 0.188. The van der Waals surface area contributed by atoms with E-state index in [-0.39, 0.29) is 5.91 Å². The summed E-state index contributed by atoms with van der Waals surface area (Å²) in [7, 11) is 0. The molecule has 2 aromatic rings. The molecule has 0 unspecified atom stereocenters. The lowest BCUT2D eigenvalue weighted by Crippen LogP contribution is -2.22. The average molecular weight is 268 g/mol. The van der Waals surface area contributed by atoms with E-state index in [1.165, 1.54) is 0 Å². The van der Waals surface area contributed by atoms with Crippen LogP contribution >= 0.6 is 0 Å². The van der Waals surface area contributed by atoms with Gasteiger partial charge in [0, 0.05) is 11.1 Å². The lowest BCUT2D eigenvalue weighted by Gasteiger charge is -2.03. The third kappa shape index (κ3) is 3.74. The molecule has 0 bridgehead atoms. The van der Waals surface area contributed by atoms with Crippen molar-refractivity contribution < 1.29 is 9.21 Å². The van der Waals surface area contributed by atoms with Gasteiger partial charge in [0.15, 0.2) is 0 Å². The molecule has 0 aliphatic carbocycles. The first-order valence-electron chi connectivity index (χ1n) is 6.31. The molecule has 3 N–H and O–H groups in total. The molecule has 0 saturated carbocycles. The highest BCUT2D eigenvalue weighted by atomic mass is 16.3. The highest BCUT2D eigenvalue weighted by molar-refractivity contribution is 5.94. The summed E-state index contributed by atoms with van der Waals surface area (Å²) in [5.74, 6) is 7.10. The Morgan fingerprint density at radius 2 is 2.00 bits per heavy atom. The first-order chi connectivity index (χ1) is 9.69. The highest BCUT2D eigenvalue weighted by Crippen LogP contribution is 2.07. The van der Waals surface area contributed by atoms with Crippen LogP contribution in [0.4, 0.5) is 0 Å². The van der Waals surface area contributed by atoms with Gasteiger partial charge in [0.05, 0.1) is 13.1 Å². The molecule has 102 valence electrons. The lowest BCUT2D eigenvalue weighted by atomic mass is 10.1. The van der Waals surface area contributed by atoms with Crippen molar-refractivity contribution in [2.75, 3.05) is 6.54 Å². The predicted octanol–water partition coefficient (Wildman–Crippen LogP) is 1.83. The number of amides is 1. The Morgan fingerprint density at radius 3 is 2.60 bits per heavy atom. The fourth-order valence-electron chi connectivity index (χ4n) is 1.71. The molecule has 1 amide bonds. The number of nitrogens with one attached hydrogen (secondary N) is 1. The number of rotatable bonds is 3. The molecule has 1 aromatic heterocycles. The van der Waals surface area contributed by atoms with Crippen LogP contribution in [-0.2, 0) is 6.54 Å². The van der Waals surface area contributed by atoms with E-state index in [1.54, 1.807) is 24.3 Å². The first-order valence-corrected chi connectivity index (χ1v) is 6.31. The van der Waals surface area contributed by atoms with Gasteiger partial charge in [-0.15, -0.1) is 0 Å². The van der Waals surface area contributed by atoms with Crippen molar-refractivity contribution in [1.29, 1.82) is 0 Å². The molecule has 20 heavy (non-hydrogen) atoms. The average Bonchev–Trinajstić information content (AvgIpc) is 2.89. The van der Waals surface area contributed by atoms with Crippen molar-refractivity contribution in [3.63, 3.8) is 0 Å². The molecule has 0 saturated heterocycles. The minimum Gasteiger partial charge on any atom is -0.465 e. The predicted molar refractivity (Wildman–Crippen MR) is 77.0 cm³/mol. The summed E-state index contributed by atoms with van der Waals surface area (Å²) in [4.78, 5) is 11.9. The van der Waals surface area contributed by atoms with E-state index in [4.69, 9.17) is 10.2 Å². The van der Waals surface area contributed by atoms with Crippen LogP contribution in [0.1, 0.15) is 27.4 Å². The number of nitrogens with two attached hydrogens (primary N) is 1. The van der Waals surface area contributed by atoms with Gasteiger partial charge in [-0.25, -0.2) is 0 Å². The van der Waals surface area contributed by atoms with Crippen LogP contribution in [0.5, 0.6) is 0 Å². The molecule has 4 heteroatoms. The summed E-state index contributed by atoms with van der Waals surface area (Å²) in [5, 5.41) is 2.80. The molecule has 0 aliphatic rings. The molecule has 1 heterocycles. The van der Waals surface area contributed by atoms with Gasteiger partial charge in [-0.1, -0.05) is 11.8 Å². The normalized spacial score (nSPS) is 9.70. The van der Waals surface area contributed by atoms with E-state index in [2.05, 4.69) is 17.2 Å². The Kier molecular flexibility index (Phi) is 4.59. The smallest absolute Gasteiger partial charge is 0.251 e. The molecule has 0 aliphatic heterocycles. The van der Waals surface area contributed by atoms with Crippen LogP contribution in [-0.4, -0.2) is 12.5 Å². The summed E-state index contributed by atoms with van der Waals surface area (Å²) < 4.78 is 5.39. The van der Waals surface area contributed by atoms with Gasteiger partial charge in [0.1, 0.15) is 11.5 Å². The zero-order chi connectivity index (χ0) is 14.4. The maximum absolute atomic E-state index is 11.9. The van der Waals surface area contributed by atoms with E-state index < -0.39 is 0 Å². The van der Waals surface area contributed by atoms with Gasteiger partial charge in [0.2, 0.25) is 0 Å². The Bertz CT molecular complexity index is 645. The maximum Gasteiger partial charge on any atom is 0.251 e. The molecular formula is C16H16N2O2. The highest BCUT2D eigenvalue weighted by Gasteiger charge is 2.06. The van der Waals surface area contributed by atoms with E-state index in [0.29, 0.717) is 18.7 Å². The molecule has 4 nitrogen and oxygen atoms in total. The minimum absolute atomic E-state index is 0.141. The molecule has 0 fully saturated rings. The first kappa shape index (κ1) is 13.9. The Balaban J connectivity index is 1.95. The number of carbonyl (C=O) groups excluding carboxylic acids is 1. The largest absolute Gasteiger partial charge is 0.465 e. The molecule has 0 atom stereocenters. The van der Waals surface area contributed by atoms with Crippen molar-refractivity contribution in [2.24, 2.45) is 5.73 Å². The summed E-state index contributed by atoms with van der Waals surface area (Å²) >= 11 is 0. The number of carbonyl (C=O) groups is 1. The molecule has 2 rings (SSSR count). The van der Waals surface area contributed by atoms with Gasteiger partial charge in [-0.05, 0) is 43.3 Å². The SMILES string of the molecule is Cc1ccc(CNC(=O)c2ccc(C#CCN)cc2)o1. The monoisotopic (exact) mass is 268 g/mol. The standard InChI is InChI=1S/C16H16N2O2/c1-12-4-9-15(20-12)11-18-16(19)14-7-5-13(6-8-14)3-2-10-17/h4-9H,10-11,17H2,1H3,(H,18,19). The molecule has 1 aromatic carbocycles. The van der Waals surface area contributed by atoms with Gasteiger partial charge < -0.3 is 15.5 Å². The van der Waals surface area contributed by atoms with Gasteiger partial charge in [-0.2, -0.15) is 0 Å². The Morgan fingerprint density at radius 1 is 1.25 bits per heavy atom. The third-order valence-corrected chi connectivity index (χ3v) is 2.70. The van der Waals surface area contributed by atoms with E-state index >= 15 is 0 Å². The molecule has 0 radical (unpaired) electrons. The lowest BCUT2D eigenvalue weighted by molar-refractivity contribution is 0.0948. The number of hydrogen-bond donors (Lipinski definition) is 2. The summed E-state index contributed by atoms with van der Waals surface area (Å²) in [6, 6.07) is 10.8. The zero-order valence-electron chi connectivity index (χ0n) is 11.3. The minimum atomic E-state index is -0.141. The van der Waals surface area contributed by atoms with E-state index in [1.807, 2.05) is 19.1 Å². The number of furan rings is 1. The van der Waals surface area contributed by atoms with Crippen LogP contribution in [0.25, 0.3) is 0 Å². The number of hydrogen-bond acceptors (Lipinski definition) is 3. The van der Waals surface area contributed by atoms with Crippen LogP contribution in [0.2, 0.25) is 0 Å². The van der Waals surface area contributed by atoms with Gasteiger partial charge in [0.25, 0.3) is 5.91 Å². The Labute approximate surface area is 118 Å². The fourth-order valence-corrected chi connectivity index (χ4v) is 1.71. The van der Waals surface area contributed by atoms with Crippen LogP contribution in [0, 0.1) is 18.8 Å². The topological polar surface area (TPSA) is 68.3 Å². The summed E-state index contributed by atoms with van der Waals surface area (Å²) in [5.41, 5.74) is 6.74. The quantitative estimate of drug-likeness (QED) is 0.834. The van der Waals surface area contributed by atoms with E-state index in [0.717, 1.165) is 17.1 Å². The second-order valence-corrected chi connectivity index (χ2v) is 4.28. The van der Waals surface area contributed by atoms with Crippen LogP contribution in [0.3, 0.4) is 0 Å². The maximum atomic E-state index is 11.9. The third-order valence-electron chi connectivity index (χ3n) is 2.70. The number of aryl methyl sites for hydroxylation is 1. The second kappa shape index (κ2) is 6.60. The van der Waals surface area contributed by atoms with Crippen molar-refractivity contribution >= 4 is 5.91 Å². The van der Waals surface area contributed by atoms with Crippen molar-refractivity contribution in [1.82, 2.24) is 5.32 Å². The summed E-state index contributed by atoms with van der Waals surface area (Å²) in [6.07, 6.45) is 0. The Hall–Kier alpha value is -2.51.